The summed E-state index contributed by atoms with van der Waals surface area (Å²) in [4.78, 5) is 24.9. The molecule has 9 heteroatoms. The second kappa shape index (κ2) is 36.4. The number of carbonyl (C=O) groups is 1. The fraction of sp³-hybridized carbons (Fsp3) is 0.841. The van der Waals surface area contributed by atoms with E-state index in [0.29, 0.717) is 17.4 Å². The number of unbranched alkanes of at least 4 members (excludes halogenated alkanes) is 22. The van der Waals surface area contributed by atoms with Crippen molar-refractivity contribution in [1.82, 2.24) is 5.32 Å². The Hall–Kier alpha value is -1.28. The maximum Gasteiger partial charge on any atom is 0.268 e. The average Bonchev–Trinajstić information content (AvgIpc) is 3.10. The van der Waals surface area contributed by atoms with Gasteiger partial charge in [-0.1, -0.05) is 172 Å². The molecule has 0 radical (unpaired) electrons. The summed E-state index contributed by atoms with van der Waals surface area (Å²) in [6.45, 7) is 4.51. The summed E-state index contributed by atoms with van der Waals surface area (Å²) in [6, 6.07) is -0.903. The third-order valence-electron chi connectivity index (χ3n) is 9.58. The van der Waals surface area contributed by atoms with Crippen LogP contribution in [0.3, 0.4) is 0 Å². The van der Waals surface area contributed by atoms with Gasteiger partial charge in [-0.05, 0) is 44.9 Å². The Morgan fingerprint density at radius 1 is 0.642 bits per heavy atom. The monoisotopic (exact) mass is 769 g/mol. The van der Waals surface area contributed by atoms with Gasteiger partial charge in [0.05, 0.1) is 39.9 Å². The predicted octanol–water partition coefficient (Wildman–Crippen LogP) is 11.3. The summed E-state index contributed by atoms with van der Waals surface area (Å²) in [5, 5.41) is 13.6. The zero-order valence-corrected chi connectivity index (χ0v) is 36.1. The van der Waals surface area contributed by atoms with Crippen LogP contribution in [0.2, 0.25) is 0 Å². The van der Waals surface area contributed by atoms with Crippen LogP contribution in [0.25, 0.3) is 0 Å². The summed E-state index contributed by atoms with van der Waals surface area (Å²) in [5.74, 6) is -0.226. The summed E-state index contributed by atoms with van der Waals surface area (Å²) < 4.78 is 23.0. The van der Waals surface area contributed by atoms with Crippen molar-refractivity contribution in [3.63, 3.8) is 0 Å². The van der Waals surface area contributed by atoms with Crippen LogP contribution in [0.1, 0.15) is 187 Å². The first-order valence-electron chi connectivity index (χ1n) is 21.9. The van der Waals surface area contributed by atoms with Crippen molar-refractivity contribution in [3.05, 3.63) is 36.5 Å². The highest BCUT2D eigenvalue weighted by Crippen LogP contribution is 2.38. The number of hydrogen-bond donors (Lipinski definition) is 2. The van der Waals surface area contributed by atoms with E-state index >= 15 is 0 Å². The summed E-state index contributed by atoms with van der Waals surface area (Å²) in [5.41, 5.74) is 0. The molecule has 3 atom stereocenters. The van der Waals surface area contributed by atoms with Crippen LogP contribution in [-0.4, -0.2) is 68.5 Å². The lowest BCUT2D eigenvalue weighted by Crippen LogP contribution is -2.45. The Morgan fingerprint density at radius 2 is 1.06 bits per heavy atom. The number of hydrogen-bond acceptors (Lipinski definition) is 6. The molecule has 0 heterocycles. The minimum atomic E-state index is -4.58. The number of aliphatic hydroxyl groups excluding tert-OH is 1. The molecule has 0 aliphatic rings. The normalized spacial score (nSPS) is 14.8. The Bertz CT molecular complexity index is 964. The number of nitrogens with zero attached hydrogens (tertiary/aromatic N) is 1. The van der Waals surface area contributed by atoms with Gasteiger partial charge in [-0.3, -0.25) is 9.36 Å². The van der Waals surface area contributed by atoms with Crippen molar-refractivity contribution in [2.45, 2.75) is 199 Å². The van der Waals surface area contributed by atoms with Gasteiger partial charge in [0.1, 0.15) is 13.2 Å². The molecule has 2 N–H and O–H groups in total. The van der Waals surface area contributed by atoms with Crippen LogP contribution in [-0.2, 0) is 18.4 Å². The minimum Gasteiger partial charge on any atom is -0.756 e. The predicted molar refractivity (Wildman–Crippen MR) is 224 cm³/mol. The second-order valence-corrected chi connectivity index (χ2v) is 17.4. The lowest BCUT2D eigenvalue weighted by Gasteiger charge is -2.29. The van der Waals surface area contributed by atoms with E-state index in [9.17, 15) is 19.4 Å². The van der Waals surface area contributed by atoms with Gasteiger partial charge >= 0.3 is 0 Å². The maximum atomic E-state index is 12.6. The van der Waals surface area contributed by atoms with Crippen molar-refractivity contribution in [1.29, 1.82) is 0 Å². The topological polar surface area (TPSA) is 108 Å². The maximum absolute atomic E-state index is 12.6. The van der Waals surface area contributed by atoms with Gasteiger partial charge in [0.2, 0.25) is 5.91 Å². The van der Waals surface area contributed by atoms with E-state index in [-0.39, 0.29) is 12.5 Å². The standard InChI is InChI=1S/C44H85N2O6P/c1-6-8-10-12-13-14-15-16-17-18-19-20-21-22-23-24-25-26-27-28-29-30-31-32-34-35-37-43(47)42(45-44(48)38-36-33-11-9-7-2)41-52-53(49,50)51-40-39-46(3,4)5/h26-27,30-31,35,37,42-43,47H,6-25,28-29,32-34,36,38-41H2,1-5H3,(H-,45,48,49,50)/b27-26+,31-30+,37-35+. The van der Waals surface area contributed by atoms with Gasteiger partial charge in [-0.2, -0.15) is 0 Å². The molecular formula is C44H85N2O6P. The number of rotatable bonds is 39. The van der Waals surface area contributed by atoms with E-state index in [4.69, 9.17) is 9.05 Å². The third kappa shape index (κ3) is 38.8. The molecule has 8 nitrogen and oxygen atoms in total. The quantitative estimate of drug-likeness (QED) is 0.0279. The minimum absolute atomic E-state index is 0.00901. The van der Waals surface area contributed by atoms with E-state index in [1.165, 1.54) is 109 Å². The average molecular weight is 769 g/mol. The van der Waals surface area contributed by atoms with Gasteiger partial charge in [-0.25, -0.2) is 0 Å². The molecule has 0 aromatic heterocycles. The van der Waals surface area contributed by atoms with Crippen LogP contribution in [0.15, 0.2) is 36.5 Å². The van der Waals surface area contributed by atoms with E-state index in [1.807, 2.05) is 27.2 Å². The zero-order valence-electron chi connectivity index (χ0n) is 35.2. The van der Waals surface area contributed by atoms with Crippen molar-refractivity contribution < 1.29 is 32.9 Å². The first-order chi connectivity index (χ1) is 25.5. The largest absolute Gasteiger partial charge is 0.756 e. The smallest absolute Gasteiger partial charge is 0.268 e. The molecule has 0 rings (SSSR count). The number of amides is 1. The van der Waals surface area contributed by atoms with Gasteiger partial charge in [0, 0.05) is 6.42 Å². The molecule has 1 amide bonds. The molecule has 0 fully saturated rings. The van der Waals surface area contributed by atoms with Crippen molar-refractivity contribution in [3.8, 4) is 0 Å². The summed E-state index contributed by atoms with van der Waals surface area (Å²) >= 11 is 0. The van der Waals surface area contributed by atoms with Gasteiger partial charge in [-0.15, -0.1) is 0 Å². The lowest BCUT2D eigenvalue weighted by atomic mass is 10.0. The van der Waals surface area contributed by atoms with Crippen molar-refractivity contribution in [2.24, 2.45) is 0 Å². The molecule has 0 saturated heterocycles. The van der Waals surface area contributed by atoms with Crippen molar-refractivity contribution in [2.75, 3.05) is 40.9 Å². The molecule has 0 saturated carbocycles. The molecule has 312 valence electrons. The number of quaternary nitrogens is 1. The highest BCUT2D eigenvalue weighted by atomic mass is 31.2. The molecule has 3 unspecified atom stereocenters. The van der Waals surface area contributed by atoms with Crippen LogP contribution in [0.4, 0.5) is 0 Å². The van der Waals surface area contributed by atoms with Crippen LogP contribution >= 0.6 is 7.82 Å². The number of aliphatic hydroxyl groups is 1. The van der Waals surface area contributed by atoms with Gasteiger partial charge < -0.3 is 28.8 Å². The Labute approximate surface area is 327 Å². The molecule has 0 aromatic rings. The Kier molecular flexibility index (Phi) is 35.5. The molecule has 0 aliphatic heterocycles. The molecule has 0 bridgehead atoms. The fourth-order valence-electron chi connectivity index (χ4n) is 6.07. The van der Waals surface area contributed by atoms with Crippen LogP contribution < -0.4 is 10.2 Å². The van der Waals surface area contributed by atoms with E-state index in [1.54, 1.807) is 6.08 Å². The van der Waals surface area contributed by atoms with Crippen LogP contribution in [0, 0.1) is 0 Å². The fourth-order valence-corrected chi connectivity index (χ4v) is 6.79. The number of phosphoric acid groups is 1. The SMILES string of the molecule is CCCCCCCCCCCCCCCCCC/C=C/CC/C=C/CC/C=C/C(O)C(COP(=O)([O-])OCC[N+](C)(C)C)NC(=O)CCCCCCC. The number of likely N-dealkylation sites (N-methyl/N-ethyl adjacent to an activating group) is 1. The molecule has 0 spiro atoms. The number of phosphoric ester groups is 1. The Balaban J connectivity index is 4.17. The summed E-state index contributed by atoms with van der Waals surface area (Å²) in [6.07, 6.45) is 44.0. The molecule has 0 aromatic carbocycles. The van der Waals surface area contributed by atoms with Gasteiger partial charge in [0.25, 0.3) is 7.82 Å². The van der Waals surface area contributed by atoms with E-state index in [0.717, 1.165) is 57.8 Å². The highest BCUT2D eigenvalue weighted by molar-refractivity contribution is 7.45. The molecular weight excluding hydrogens is 683 g/mol. The number of nitrogens with one attached hydrogen (secondary N) is 1. The third-order valence-corrected chi connectivity index (χ3v) is 10.5. The molecule has 0 aliphatic carbocycles. The highest BCUT2D eigenvalue weighted by Gasteiger charge is 2.23. The Morgan fingerprint density at radius 3 is 1.53 bits per heavy atom. The second-order valence-electron chi connectivity index (χ2n) is 16.0. The zero-order chi connectivity index (χ0) is 39.3. The van der Waals surface area contributed by atoms with E-state index in [2.05, 4.69) is 43.5 Å². The molecule has 53 heavy (non-hydrogen) atoms. The van der Waals surface area contributed by atoms with Crippen molar-refractivity contribution >= 4 is 13.7 Å². The van der Waals surface area contributed by atoms with Crippen LogP contribution in [0.5, 0.6) is 0 Å². The first-order valence-corrected chi connectivity index (χ1v) is 23.3. The number of carbonyl (C=O) groups excluding carboxylic acids is 1. The van der Waals surface area contributed by atoms with Gasteiger partial charge in [0.15, 0.2) is 0 Å². The summed E-state index contributed by atoms with van der Waals surface area (Å²) in [7, 11) is 1.23. The van der Waals surface area contributed by atoms with E-state index < -0.39 is 26.6 Å². The first kappa shape index (κ1) is 51.7. The number of allylic oxidation sites excluding steroid dienone is 5. The lowest BCUT2D eigenvalue weighted by molar-refractivity contribution is -0.870.